The molecule has 0 aliphatic carbocycles. The molecular weight excluding hydrogens is 248 g/mol. The molecule has 5 heteroatoms. The first kappa shape index (κ1) is 13.0. The summed E-state index contributed by atoms with van der Waals surface area (Å²) in [6, 6.07) is 6.99. The van der Waals surface area contributed by atoms with E-state index >= 15 is 0 Å². The maximum atomic E-state index is 12.3. The molecule has 1 fully saturated rings. The molecular formula is C13H16N2O2S. The molecule has 3 N–H and O–H groups in total. The predicted molar refractivity (Wildman–Crippen MR) is 73.5 cm³/mol. The molecule has 1 amide bonds. The lowest BCUT2D eigenvalue weighted by Crippen LogP contribution is -2.42. The van der Waals surface area contributed by atoms with Gasteiger partial charge in [-0.15, -0.1) is 0 Å². The molecule has 1 aromatic rings. The third-order valence-electron chi connectivity index (χ3n) is 3.08. The average Bonchev–Trinajstić information content (AvgIpc) is 2.38. The monoisotopic (exact) mass is 264 g/mol. The SMILES string of the molecule is NC(=S)c1cccc(C(=O)N2CCCC(O)C2)c1. The Labute approximate surface area is 111 Å². The molecule has 0 bridgehead atoms. The normalized spacial score (nSPS) is 19.6. The van der Waals surface area contributed by atoms with Crippen molar-refractivity contribution in [3.8, 4) is 0 Å². The summed E-state index contributed by atoms with van der Waals surface area (Å²) in [6.45, 7) is 1.09. The Hall–Kier alpha value is -1.46. The van der Waals surface area contributed by atoms with Crippen LogP contribution in [-0.2, 0) is 0 Å². The highest BCUT2D eigenvalue weighted by molar-refractivity contribution is 7.80. The van der Waals surface area contributed by atoms with Crippen LogP contribution < -0.4 is 5.73 Å². The largest absolute Gasteiger partial charge is 0.391 e. The molecule has 1 heterocycles. The van der Waals surface area contributed by atoms with E-state index in [0.717, 1.165) is 12.8 Å². The number of aliphatic hydroxyl groups excluding tert-OH is 1. The zero-order valence-corrected chi connectivity index (χ0v) is 10.8. The Morgan fingerprint density at radius 1 is 1.44 bits per heavy atom. The number of likely N-dealkylation sites (tertiary alicyclic amines) is 1. The third-order valence-corrected chi connectivity index (χ3v) is 3.31. The van der Waals surface area contributed by atoms with Gasteiger partial charge in [0.2, 0.25) is 0 Å². The molecule has 4 nitrogen and oxygen atoms in total. The maximum absolute atomic E-state index is 12.3. The van der Waals surface area contributed by atoms with Crippen LogP contribution in [0.25, 0.3) is 0 Å². The number of piperidine rings is 1. The molecule has 0 saturated carbocycles. The van der Waals surface area contributed by atoms with E-state index in [9.17, 15) is 9.90 Å². The summed E-state index contributed by atoms with van der Waals surface area (Å²) in [5.74, 6) is -0.0770. The van der Waals surface area contributed by atoms with Crippen molar-refractivity contribution in [3.05, 3.63) is 35.4 Å². The van der Waals surface area contributed by atoms with Gasteiger partial charge in [0.25, 0.3) is 5.91 Å². The van der Waals surface area contributed by atoms with E-state index in [-0.39, 0.29) is 10.9 Å². The van der Waals surface area contributed by atoms with Gasteiger partial charge in [-0.05, 0) is 25.0 Å². The van der Waals surface area contributed by atoms with Crippen molar-refractivity contribution in [1.29, 1.82) is 0 Å². The van der Waals surface area contributed by atoms with E-state index in [2.05, 4.69) is 0 Å². The number of amides is 1. The summed E-state index contributed by atoms with van der Waals surface area (Å²) in [6.07, 6.45) is 1.18. The van der Waals surface area contributed by atoms with Gasteiger partial charge >= 0.3 is 0 Å². The second-order valence-electron chi connectivity index (χ2n) is 4.49. The van der Waals surface area contributed by atoms with Crippen molar-refractivity contribution in [3.63, 3.8) is 0 Å². The van der Waals surface area contributed by atoms with E-state index in [1.165, 1.54) is 0 Å². The molecule has 2 rings (SSSR count). The molecule has 1 aliphatic rings. The lowest BCUT2D eigenvalue weighted by Gasteiger charge is -2.30. The highest BCUT2D eigenvalue weighted by Gasteiger charge is 2.23. The maximum Gasteiger partial charge on any atom is 0.253 e. The molecule has 1 aromatic carbocycles. The van der Waals surface area contributed by atoms with Crippen LogP contribution in [0.4, 0.5) is 0 Å². The van der Waals surface area contributed by atoms with Crippen molar-refractivity contribution in [2.75, 3.05) is 13.1 Å². The highest BCUT2D eigenvalue weighted by Crippen LogP contribution is 2.14. The summed E-state index contributed by atoms with van der Waals surface area (Å²) in [5.41, 5.74) is 6.80. The van der Waals surface area contributed by atoms with Crippen LogP contribution in [0.1, 0.15) is 28.8 Å². The second-order valence-corrected chi connectivity index (χ2v) is 4.93. The fourth-order valence-corrected chi connectivity index (χ4v) is 2.25. The van der Waals surface area contributed by atoms with Gasteiger partial charge in [0.05, 0.1) is 6.10 Å². The number of nitrogens with two attached hydrogens (primary N) is 1. The number of rotatable bonds is 2. The van der Waals surface area contributed by atoms with E-state index in [0.29, 0.717) is 24.2 Å². The number of hydrogen-bond acceptors (Lipinski definition) is 3. The molecule has 1 atom stereocenters. The summed E-state index contributed by atoms with van der Waals surface area (Å²) < 4.78 is 0. The Morgan fingerprint density at radius 2 is 2.17 bits per heavy atom. The van der Waals surface area contributed by atoms with Crippen LogP contribution in [0.3, 0.4) is 0 Å². The summed E-state index contributed by atoms with van der Waals surface area (Å²) in [4.78, 5) is 14.2. The molecule has 0 aromatic heterocycles. The quantitative estimate of drug-likeness (QED) is 0.779. The van der Waals surface area contributed by atoms with Gasteiger partial charge in [-0.2, -0.15) is 0 Å². The fourth-order valence-electron chi connectivity index (χ4n) is 2.13. The number of carbonyl (C=O) groups excluding carboxylic acids is 1. The zero-order chi connectivity index (χ0) is 13.1. The lowest BCUT2D eigenvalue weighted by atomic mass is 10.1. The van der Waals surface area contributed by atoms with Crippen LogP contribution in [0.2, 0.25) is 0 Å². The number of hydrogen-bond donors (Lipinski definition) is 2. The summed E-state index contributed by atoms with van der Waals surface area (Å²) >= 11 is 4.90. The molecule has 1 saturated heterocycles. The van der Waals surface area contributed by atoms with Gasteiger partial charge in [-0.3, -0.25) is 4.79 Å². The third kappa shape index (κ3) is 2.86. The minimum atomic E-state index is -0.415. The number of thiocarbonyl (C=S) groups is 1. The first-order valence-corrected chi connectivity index (χ1v) is 6.36. The van der Waals surface area contributed by atoms with Gasteiger partial charge in [0, 0.05) is 24.2 Å². The Bertz CT molecular complexity index is 476. The molecule has 0 radical (unpaired) electrons. The number of carbonyl (C=O) groups is 1. The molecule has 0 spiro atoms. The minimum Gasteiger partial charge on any atom is -0.391 e. The number of benzene rings is 1. The van der Waals surface area contributed by atoms with Gasteiger partial charge < -0.3 is 15.7 Å². The highest BCUT2D eigenvalue weighted by atomic mass is 32.1. The molecule has 1 unspecified atom stereocenters. The van der Waals surface area contributed by atoms with Gasteiger partial charge in [0.15, 0.2) is 0 Å². The fraction of sp³-hybridized carbons (Fsp3) is 0.385. The lowest BCUT2D eigenvalue weighted by molar-refractivity contribution is 0.0474. The summed E-state index contributed by atoms with van der Waals surface area (Å²) in [5, 5.41) is 9.58. The van der Waals surface area contributed by atoms with Crippen molar-refractivity contribution in [2.45, 2.75) is 18.9 Å². The van der Waals surface area contributed by atoms with Crippen LogP contribution in [0.5, 0.6) is 0 Å². The standard InChI is InChI=1S/C13H16N2O2S/c14-12(18)9-3-1-4-10(7-9)13(17)15-6-2-5-11(16)8-15/h1,3-4,7,11,16H,2,5-6,8H2,(H2,14,18). The van der Waals surface area contributed by atoms with Crippen LogP contribution in [0, 0.1) is 0 Å². The molecule has 96 valence electrons. The zero-order valence-electron chi connectivity index (χ0n) is 10.0. The van der Waals surface area contributed by atoms with Gasteiger partial charge in [0.1, 0.15) is 4.99 Å². The number of aliphatic hydroxyl groups is 1. The van der Waals surface area contributed by atoms with Crippen molar-refractivity contribution in [1.82, 2.24) is 4.90 Å². The Kier molecular flexibility index (Phi) is 3.93. The second kappa shape index (κ2) is 5.46. The van der Waals surface area contributed by atoms with E-state index in [1.54, 1.807) is 29.2 Å². The number of β-amino-alcohol motifs (C(OH)–C–C–N with tert-alkyl or cyclic N) is 1. The minimum absolute atomic E-state index is 0.0770. The van der Waals surface area contributed by atoms with Crippen LogP contribution >= 0.6 is 12.2 Å². The average molecular weight is 264 g/mol. The van der Waals surface area contributed by atoms with Crippen LogP contribution in [0.15, 0.2) is 24.3 Å². The molecule has 1 aliphatic heterocycles. The molecule has 18 heavy (non-hydrogen) atoms. The first-order chi connectivity index (χ1) is 8.58. The predicted octanol–water partition coefficient (Wildman–Crippen LogP) is 0.918. The van der Waals surface area contributed by atoms with E-state index < -0.39 is 6.10 Å². The van der Waals surface area contributed by atoms with Crippen molar-refractivity contribution in [2.24, 2.45) is 5.73 Å². The van der Waals surface area contributed by atoms with E-state index in [4.69, 9.17) is 18.0 Å². The van der Waals surface area contributed by atoms with Crippen molar-refractivity contribution >= 4 is 23.1 Å². The summed E-state index contributed by atoms with van der Waals surface area (Å²) in [7, 11) is 0. The van der Waals surface area contributed by atoms with Gasteiger partial charge in [-0.1, -0.05) is 24.4 Å². The van der Waals surface area contributed by atoms with E-state index in [1.807, 2.05) is 0 Å². The Balaban J connectivity index is 2.17. The topological polar surface area (TPSA) is 66.6 Å². The van der Waals surface area contributed by atoms with Crippen LogP contribution in [-0.4, -0.2) is 40.1 Å². The first-order valence-electron chi connectivity index (χ1n) is 5.95. The Morgan fingerprint density at radius 3 is 2.83 bits per heavy atom. The number of nitrogens with zero attached hydrogens (tertiary/aromatic N) is 1. The smallest absolute Gasteiger partial charge is 0.253 e. The van der Waals surface area contributed by atoms with Gasteiger partial charge in [-0.25, -0.2) is 0 Å². The van der Waals surface area contributed by atoms with Crippen molar-refractivity contribution < 1.29 is 9.90 Å².